The number of pyridine rings is 1. The Balaban J connectivity index is 1.29. The molecule has 6 nitrogen and oxygen atoms in total. The van der Waals surface area contributed by atoms with E-state index in [1.165, 1.54) is 12.8 Å². The van der Waals surface area contributed by atoms with Crippen molar-refractivity contribution >= 4 is 11.9 Å². The number of hydrogen-bond acceptors (Lipinski definition) is 3. The number of likely N-dealkylation sites (tertiary alicyclic amines) is 1. The van der Waals surface area contributed by atoms with Crippen molar-refractivity contribution in [2.45, 2.75) is 51.1 Å². The van der Waals surface area contributed by atoms with E-state index in [9.17, 15) is 9.59 Å². The van der Waals surface area contributed by atoms with E-state index in [-0.39, 0.29) is 23.3 Å². The van der Waals surface area contributed by atoms with Gasteiger partial charge in [-0.05, 0) is 37.8 Å². The van der Waals surface area contributed by atoms with Crippen LogP contribution in [-0.2, 0) is 11.3 Å². The molecule has 2 aliphatic carbocycles. The predicted octanol–water partition coefficient (Wildman–Crippen LogP) is 2.40. The maximum atomic E-state index is 12.8. The second-order valence-electron chi connectivity index (χ2n) is 8.24. The fourth-order valence-electron chi connectivity index (χ4n) is 4.63. The molecule has 1 aliphatic heterocycles. The average Bonchev–Trinajstić information content (AvgIpc) is 2.98. The number of amides is 3. The van der Waals surface area contributed by atoms with E-state index in [1.807, 2.05) is 30.1 Å². The number of nitrogens with one attached hydrogen (secondary N) is 1. The Morgan fingerprint density at radius 3 is 2.88 bits per heavy atom. The van der Waals surface area contributed by atoms with Gasteiger partial charge in [-0.25, -0.2) is 4.79 Å². The van der Waals surface area contributed by atoms with Crippen LogP contribution in [0.2, 0.25) is 0 Å². The van der Waals surface area contributed by atoms with Crippen LogP contribution in [0.15, 0.2) is 24.4 Å². The summed E-state index contributed by atoms with van der Waals surface area (Å²) in [5.74, 6) is 0.245. The van der Waals surface area contributed by atoms with Gasteiger partial charge < -0.3 is 15.1 Å². The molecule has 0 aromatic carbocycles. The van der Waals surface area contributed by atoms with Gasteiger partial charge in [0.1, 0.15) is 0 Å². The number of urea groups is 1. The summed E-state index contributed by atoms with van der Waals surface area (Å²) < 4.78 is 0. The second-order valence-corrected chi connectivity index (χ2v) is 8.24. The number of carbonyl (C=O) groups is 2. The Hall–Kier alpha value is -2.11. The maximum absolute atomic E-state index is 12.8. The Morgan fingerprint density at radius 1 is 1.35 bits per heavy atom. The molecule has 3 fully saturated rings. The minimum Gasteiger partial charge on any atom is -0.340 e. The molecule has 1 aromatic heterocycles. The zero-order chi connectivity index (χ0) is 18.1. The fourth-order valence-corrected chi connectivity index (χ4v) is 4.63. The molecule has 3 amide bonds. The molecule has 0 bridgehead atoms. The van der Waals surface area contributed by atoms with E-state index in [1.54, 1.807) is 11.1 Å². The zero-order valence-corrected chi connectivity index (χ0v) is 15.5. The van der Waals surface area contributed by atoms with Crippen molar-refractivity contribution in [3.8, 4) is 0 Å². The quantitative estimate of drug-likeness (QED) is 0.901. The molecule has 3 aliphatic rings. The van der Waals surface area contributed by atoms with Gasteiger partial charge in [-0.3, -0.25) is 9.78 Å². The lowest BCUT2D eigenvalue weighted by molar-refractivity contribution is -0.132. The van der Waals surface area contributed by atoms with Gasteiger partial charge >= 0.3 is 6.03 Å². The summed E-state index contributed by atoms with van der Waals surface area (Å²) in [6.45, 7) is 2.03. The first-order chi connectivity index (χ1) is 12.6. The van der Waals surface area contributed by atoms with Crippen molar-refractivity contribution in [2.75, 3.05) is 20.1 Å². The Morgan fingerprint density at radius 2 is 2.15 bits per heavy atom. The van der Waals surface area contributed by atoms with Crippen molar-refractivity contribution in [1.29, 1.82) is 0 Å². The number of aromatic nitrogens is 1. The van der Waals surface area contributed by atoms with Crippen molar-refractivity contribution in [1.82, 2.24) is 20.1 Å². The van der Waals surface area contributed by atoms with Gasteiger partial charge in [-0.15, -0.1) is 0 Å². The molecule has 1 saturated heterocycles. The molecule has 2 heterocycles. The van der Waals surface area contributed by atoms with Gasteiger partial charge in [-0.2, -0.15) is 0 Å². The first-order valence-corrected chi connectivity index (χ1v) is 9.78. The molecule has 1 N–H and O–H groups in total. The van der Waals surface area contributed by atoms with Crippen LogP contribution in [0.3, 0.4) is 0 Å². The van der Waals surface area contributed by atoms with E-state index < -0.39 is 0 Å². The van der Waals surface area contributed by atoms with Crippen LogP contribution in [-0.4, -0.2) is 52.9 Å². The summed E-state index contributed by atoms with van der Waals surface area (Å²) in [7, 11) is 1.85. The SMILES string of the molecule is CN(Cc1ccccn1)C(=O)[C@@H]1C[C@]12CCN(C(=O)NC1CCCC1)C2. The van der Waals surface area contributed by atoms with Crippen LogP contribution in [0.4, 0.5) is 4.79 Å². The first kappa shape index (κ1) is 17.3. The zero-order valence-electron chi connectivity index (χ0n) is 15.5. The Labute approximate surface area is 155 Å². The minimum atomic E-state index is 0.0163. The topological polar surface area (TPSA) is 65.5 Å². The predicted molar refractivity (Wildman–Crippen MR) is 98.2 cm³/mol. The molecule has 0 unspecified atom stereocenters. The van der Waals surface area contributed by atoms with Gasteiger partial charge in [0.25, 0.3) is 0 Å². The summed E-state index contributed by atoms with van der Waals surface area (Å²) in [6, 6.07) is 6.17. The summed E-state index contributed by atoms with van der Waals surface area (Å²) in [5.41, 5.74) is 0.921. The third-order valence-electron chi connectivity index (χ3n) is 6.34. The smallest absolute Gasteiger partial charge is 0.317 e. The molecular weight excluding hydrogens is 328 g/mol. The molecule has 2 saturated carbocycles. The van der Waals surface area contributed by atoms with Crippen LogP contribution in [0, 0.1) is 11.3 Å². The second kappa shape index (κ2) is 6.89. The average molecular weight is 356 g/mol. The highest BCUT2D eigenvalue weighted by atomic mass is 16.2. The highest BCUT2D eigenvalue weighted by molar-refractivity contribution is 5.83. The monoisotopic (exact) mass is 356 g/mol. The molecule has 4 rings (SSSR count). The highest BCUT2D eigenvalue weighted by Crippen LogP contribution is 2.59. The number of rotatable bonds is 4. The van der Waals surface area contributed by atoms with Crippen molar-refractivity contribution in [3.05, 3.63) is 30.1 Å². The van der Waals surface area contributed by atoms with Crippen molar-refractivity contribution < 1.29 is 9.59 Å². The standard InChI is InChI=1S/C20H28N4O2/c1-23(13-16-8-4-5-10-21-16)18(25)17-12-20(17)9-11-24(14-20)19(26)22-15-6-2-3-7-15/h4-5,8,10,15,17H,2-3,6-7,9,11-14H2,1H3,(H,22,26)/t17-,20-/m0/s1. The lowest BCUT2D eigenvalue weighted by Crippen LogP contribution is -2.43. The molecule has 1 spiro atoms. The van der Waals surface area contributed by atoms with E-state index in [0.717, 1.165) is 44.5 Å². The van der Waals surface area contributed by atoms with Crippen LogP contribution in [0.25, 0.3) is 0 Å². The normalized spacial score (nSPS) is 27.7. The molecule has 1 aromatic rings. The van der Waals surface area contributed by atoms with Gasteiger partial charge in [0.2, 0.25) is 5.91 Å². The molecule has 26 heavy (non-hydrogen) atoms. The number of carbonyl (C=O) groups excluding carboxylic acids is 2. The largest absolute Gasteiger partial charge is 0.340 e. The van der Waals surface area contributed by atoms with E-state index in [4.69, 9.17) is 0 Å². The minimum absolute atomic E-state index is 0.0163. The summed E-state index contributed by atoms with van der Waals surface area (Å²) in [4.78, 5) is 33.3. The van der Waals surface area contributed by atoms with Gasteiger partial charge in [0.05, 0.1) is 12.2 Å². The summed E-state index contributed by atoms with van der Waals surface area (Å²) in [6.07, 6.45) is 8.24. The summed E-state index contributed by atoms with van der Waals surface area (Å²) >= 11 is 0. The highest BCUT2D eigenvalue weighted by Gasteiger charge is 2.62. The fraction of sp³-hybridized carbons (Fsp3) is 0.650. The number of nitrogens with zero attached hydrogens (tertiary/aromatic N) is 3. The lowest BCUT2D eigenvalue weighted by atomic mass is 10.0. The molecule has 0 radical (unpaired) electrons. The van der Waals surface area contributed by atoms with Crippen LogP contribution >= 0.6 is 0 Å². The van der Waals surface area contributed by atoms with Gasteiger partial charge in [-0.1, -0.05) is 18.9 Å². The van der Waals surface area contributed by atoms with Gasteiger partial charge in [0, 0.05) is 43.7 Å². The molecule has 140 valence electrons. The number of hydrogen-bond donors (Lipinski definition) is 1. The van der Waals surface area contributed by atoms with Gasteiger partial charge in [0.15, 0.2) is 0 Å². The van der Waals surface area contributed by atoms with Crippen LogP contribution in [0.5, 0.6) is 0 Å². The van der Waals surface area contributed by atoms with Crippen molar-refractivity contribution in [2.24, 2.45) is 11.3 Å². The van der Waals surface area contributed by atoms with E-state index >= 15 is 0 Å². The third-order valence-corrected chi connectivity index (χ3v) is 6.34. The van der Waals surface area contributed by atoms with E-state index in [0.29, 0.717) is 12.6 Å². The summed E-state index contributed by atoms with van der Waals surface area (Å²) in [5, 5.41) is 3.17. The Bertz CT molecular complexity index is 674. The van der Waals surface area contributed by atoms with Crippen LogP contribution < -0.4 is 5.32 Å². The Kier molecular flexibility index (Phi) is 4.59. The first-order valence-electron chi connectivity index (χ1n) is 9.78. The lowest BCUT2D eigenvalue weighted by Gasteiger charge is -2.21. The molecule has 2 atom stereocenters. The molecular formula is C20H28N4O2. The molecule has 6 heteroatoms. The maximum Gasteiger partial charge on any atom is 0.317 e. The van der Waals surface area contributed by atoms with Crippen molar-refractivity contribution in [3.63, 3.8) is 0 Å². The third kappa shape index (κ3) is 3.41. The van der Waals surface area contributed by atoms with E-state index in [2.05, 4.69) is 10.3 Å². The van der Waals surface area contributed by atoms with Crippen LogP contribution in [0.1, 0.15) is 44.2 Å².